The van der Waals surface area contributed by atoms with E-state index in [4.69, 9.17) is 10.8 Å². The molecule has 3 N–H and O–H groups in total. The molecule has 6 heteroatoms. The number of benzene rings is 1. The molecule has 3 aromatic heterocycles. The first-order valence-electron chi connectivity index (χ1n) is 7.83. The van der Waals surface area contributed by atoms with Crippen LogP contribution in [0.15, 0.2) is 36.7 Å². The third kappa shape index (κ3) is 2.32. The van der Waals surface area contributed by atoms with Crippen molar-refractivity contribution in [2.24, 2.45) is 0 Å². The SMILES string of the molecule is CCCCn1cc2c(N)nc3cc(-c4cc[nH]n4)ccc3c2n1. The van der Waals surface area contributed by atoms with Crippen LogP contribution >= 0.6 is 0 Å². The molecule has 4 rings (SSSR count). The number of aryl methyl sites for hydroxylation is 1. The van der Waals surface area contributed by atoms with Crippen molar-refractivity contribution in [3.8, 4) is 11.3 Å². The van der Waals surface area contributed by atoms with Crippen molar-refractivity contribution in [3.05, 3.63) is 36.7 Å². The second-order valence-corrected chi connectivity index (χ2v) is 5.70. The van der Waals surface area contributed by atoms with Gasteiger partial charge in [-0.2, -0.15) is 10.2 Å². The Hall–Kier alpha value is -2.89. The van der Waals surface area contributed by atoms with Gasteiger partial charge in [-0.25, -0.2) is 4.98 Å². The molecular weight excluding hydrogens is 288 g/mol. The Morgan fingerprint density at radius 3 is 2.91 bits per heavy atom. The quantitative estimate of drug-likeness (QED) is 0.605. The second-order valence-electron chi connectivity index (χ2n) is 5.70. The summed E-state index contributed by atoms with van der Waals surface area (Å²) in [6.07, 6.45) is 6.04. The molecule has 0 bridgehead atoms. The van der Waals surface area contributed by atoms with Gasteiger partial charge in [-0.05, 0) is 24.6 Å². The molecule has 1 aromatic carbocycles. The molecule has 6 nitrogen and oxygen atoms in total. The van der Waals surface area contributed by atoms with Gasteiger partial charge in [0.1, 0.15) is 11.3 Å². The molecule has 0 radical (unpaired) electrons. The van der Waals surface area contributed by atoms with Crippen LogP contribution in [0.2, 0.25) is 0 Å². The molecule has 0 unspecified atom stereocenters. The van der Waals surface area contributed by atoms with Gasteiger partial charge in [0.25, 0.3) is 0 Å². The number of fused-ring (bicyclic) bond motifs is 3. The summed E-state index contributed by atoms with van der Waals surface area (Å²) in [5.74, 6) is 0.523. The van der Waals surface area contributed by atoms with E-state index in [-0.39, 0.29) is 0 Å². The standard InChI is InChI=1S/C17H18N6/c1-2-3-8-23-10-13-16(22-23)12-5-4-11(14-6-7-19-21-14)9-15(12)20-17(13)18/h4-7,9-10H,2-3,8H2,1H3,(H2,18,20)(H,19,21). The molecule has 116 valence electrons. The first kappa shape index (κ1) is 13.8. The van der Waals surface area contributed by atoms with Gasteiger partial charge in [0.15, 0.2) is 0 Å². The number of rotatable bonds is 4. The van der Waals surface area contributed by atoms with Crippen LogP contribution in [0.25, 0.3) is 33.1 Å². The minimum absolute atomic E-state index is 0.523. The molecule has 0 spiro atoms. The average Bonchev–Trinajstić information content (AvgIpc) is 3.22. The van der Waals surface area contributed by atoms with Crippen LogP contribution in [0.5, 0.6) is 0 Å². The number of nitrogen functional groups attached to an aromatic ring is 1. The average molecular weight is 306 g/mol. The van der Waals surface area contributed by atoms with Gasteiger partial charge in [-0.3, -0.25) is 9.78 Å². The third-order valence-electron chi connectivity index (χ3n) is 4.07. The second kappa shape index (κ2) is 5.39. The molecule has 0 aliphatic rings. The van der Waals surface area contributed by atoms with Crippen LogP contribution < -0.4 is 5.73 Å². The summed E-state index contributed by atoms with van der Waals surface area (Å²) in [7, 11) is 0. The van der Waals surface area contributed by atoms with E-state index in [0.29, 0.717) is 5.82 Å². The lowest BCUT2D eigenvalue weighted by Crippen LogP contribution is -1.97. The highest BCUT2D eigenvalue weighted by molar-refractivity contribution is 6.08. The number of unbranched alkanes of at least 4 members (excludes halogenated alkanes) is 1. The van der Waals surface area contributed by atoms with E-state index in [0.717, 1.165) is 52.4 Å². The molecule has 0 atom stereocenters. The van der Waals surface area contributed by atoms with E-state index < -0.39 is 0 Å². The number of anilines is 1. The molecule has 0 saturated heterocycles. The van der Waals surface area contributed by atoms with Crippen LogP contribution in [0.4, 0.5) is 5.82 Å². The number of aromatic amines is 1. The maximum atomic E-state index is 6.15. The van der Waals surface area contributed by atoms with E-state index in [1.54, 1.807) is 6.20 Å². The molecule has 0 saturated carbocycles. The summed E-state index contributed by atoms with van der Waals surface area (Å²) in [5.41, 5.74) is 9.80. The van der Waals surface area contributed by atoms with Crippen LogP contribution in [0, 0.1) is 0 Å². The zero-order chi connectivity index (χ0) is 15.8. The summed E-state index contributed by atoms with van der Waals surface area (Å²) in [5, 5.41) is 13.7. The van der Waals surface area contributed by atoms with Gasteiger partial charge in [-0.1, -0.05) is 19.4 Å². The maximum Gasteiger partial charge on any atom is 0.135 e. The van der Waals surface area contributed by atoms with Crippen LogP contribution in [-0.2, 0) is 6.54 Å². The van der Waals surface area contributed by atoms with Gasteiger partial charge in [-0.15, -0.1) is 0 Å². The van der Waals surface area contributed by atoms with Crippen LogP contribution in [0.3, 0.4) is 0 Å². The Labute approximate surface area is 133 Å². The van der Waals surface area contributed by atoms with Crippen LogP contribution in [-0.4, -0.2) is 25.0 Å². The number of nitrogens with zero attached hydrogens (tertiary/aromatic N) is 4. The topological polar surface area (TPSA) is 85.4 Å². The molecule has 3 heterocycles. The van der Waals surface area contributed by atoms with Crippen molar-refractivity contribution < 1.29 is 0 Å². The van der Waals surface area contributed by atoms with Gasteiger partial charge < -0.3 is 5.73 Å². The largest absolute Gasteiger partial charge is 0.383 e. The summed E-state index contributed by atoms with van der Waals surface area (Å²) >= 11 is 0. The van der Waals surface area contributed by atoms with Crippen molar-refractivity contribution in [3.63, 3.8) is 0 Å². The van der Waals surface area contributed by atoms with E-state index in [9.17, 15) is 0 Å². The summed E-state index contributed by atoms with van der Waals surface area (Å²) < 4.78 is 1.97. The zero-order valence-corrected chi connectivity index (χ0v) is 13.0. The number of H-pyrrole nitrogens is 1. The van der Waals surface area contributed by atoms with Crippen molar-refractivity contribution in [1.29, 1.82) is 0 Å². The van der Waals surface area contributed by atoms with E-state index in [1.165, 1.54) is 0 Å². The van der Waals surface area contributed by atoms with E-state index in [2.05, 4.69) is 22.1 Å². The predicted molar refractivity (Wildman–Crippen MR) is 91.9 cm³/mol. The summed E-state index contributed by atoms with van der Waals surface area (Å²) in [6, 6.07) is 8.03. The fourth-order valence-electron chi connectivity index (χ4n) is 2.84. The fourth-order valence-corrected chi connectivity index (χ4v) is 2.84. The van der Waals surface area contributed by atoms with Crippen molar-refractivity contribution >= 4 is 27.6 Å². The molecule has 0 fully saturated rings. The normalized spacial score (nSPS) is 11.5. The van der Waals surface area contributed by atoms with E-state index in [1.807, 2.05) is 35.1 Å². The minimum atomic E-state index is 0.523. The van der Waals surface area contributed by atoms with E-state index >= 15 is 0 Å². The number of hydrogen-bond donors (Lipinski definition) is 2. The van der Waals surface area contributed by atoms with Crippen molar-refractivity contribution in [2.45, 2.75) is 26.3 Å². The summed E-state index contributed by atoms with van der Waals surface area (Å²) in [4.78, 5) is 4.55. The highest BCUT2D eigenvalue weighted by atomic mass is 15.3. The first-order chi connectivity index (χ1) is 11.3. The number of pyridine rings is 1. The number of nitrogens with one attached hydrogen (secondary N) is 1. The smallest absolute Gasteiger partial charge is 0.135 e. The van der Waals surface area contributed by atoms with Gasteiger partial charge >= 0.3 is 0 Å². The fraction of sp³-hybridized carbons (Fsp3) is 0.235. The van der Waals surface area contributed by atoms with Crippen molar-refractivity contribution in [2.75, 3.05) is 5.73 Å². The molecule has 0 amide bonds. The first-order valence-corrected chi connectivity index (χ1v) is 7.83. The van der Waals surface area contributed by atoms with Crippen molar-refractivity contribution in [1.82, 2.24) is 25.0 Å². The Bertz CT molecular complexity index is 968. The van der Waals surface area contributed by atoms with Gasteiger partial charge in [0, 0.05) is 29.9 Å². The van der Waals surface area contributed by atoms with Gasteiger partial charge in [0.2, 0.25) is 0 Å². The highest BCUT2D eigenvalue weighted by Crippen LogP contribution is 2.29. The Balaban J connectivity index is 1.89. The highest BCUT2D eigenvalue weighted by Gasteiger charge is 2.12. The Morgan fingerprint density at radius 2 is 2.13 bits per heavy atom. The zero-order valence-electron chi connectivity index (χ0n) is 13.0. The summed E-state index contributed by atoms with van der Waals surface area (Å²) in [6.45, 7) is 3.07. The molecular formula is C17H18N6. The Kier molecular flexibility index (Phi) is 3.22. The molecule has 0 aliphatic heterocycles. The minimum Gasteiger partial charge on any atom is -0.383 e. The number of aromatic nitrogens is 5. The Morgan fingerprint density at radius 1 is 1.22 bits per heavy atom. The number of hydrogen-bond acceptors (Lipinski definition) is 4. The van der Waals surface area contributed by atoms with Gasteiger partial charge in [0.05, 0.1) is 16.6 Å². The lowest BCUT2D eigenvalue weighted by Gasteiger charge is -2.03. The molecule has 4 aromatic rings. The molecule has 0 aliphatic carbocycles. The number of nitrogens with two attached hydrogens (primary N) is 1. The maximum absolute atomic E-state index is 6.15. The molecule has 23 heavy (non-hydrogen) atoms. The monoisotopic (exact) mass is 306 g/mol. The van der Waals surface area contributed by atoms with Crippen LogP contribution in [0.1, 0.15) is 19.8 Å². The third-order valence-corrected chi connectivity index (χ3v) is 4.07. The lowest BCUT2D eigenvalue weighted by molar-refractivity contribution is 0.577. The predicted octanol–water partition coefficient (Wildman–Crippen LogP) is 3.36. The lowest BCUT2D eigenvalue weighted by atomic mass is 10.1.